The first-order valence-electron chi connectivity index (χ1n) is 9.48. The molecule has 0 fully saturated rings. The monoisotopic (exact) mass is 450 g/mol. The van der Waals surface area contributed by atoms with Crippen molar-refractivity contribution in [3.05, 3.63) is 53.3 Å². The molecule has 0 bridgehead atoms. The molecule has 31 heavy (non-hydrogen) atoms. The van der Waals surface area contributed by atoms with Gasteiger partial charge in [0.25, 0.3) is 5.91 Å². The number of rotatable bonds is 4. The third-order valence-electron chi connectivity index (χ3n) is 5.17. The van der Waals surface area contributed by atoms with E-state index in [1.165, 1.54) is 43.4 Å². The standard InChI is InChI=1S/C21H20F2N2O5S/c1-24-21(26)19-15-9-14-16(25(31(2,27)28)7-8-29-18(14)11-22)10-17(15)30-20(19)12-3-5-13(23)6-4-12/h3-6,9-10,18H,7-8,11H2,1-2H3,(H,24,26). The topological polar surface area (TPSA) is 88.8 Å². The van der Waals surface area contributed by atoms with Gasteiger partial charge in [0.1, 0.15) is 29.9 Å². The highest BCUT2D eigenvalue weighted by atomic mass is 32.2. The van der Waals surface area contributed by atoms with Crippen molar-refractivity contribution in [2.45, 2.75) is 6.10 Å². The van der Waals surface area contributed by atoms with Gasteiger partial charge in [-0.15, -0.1) is 0 Å². The van der Waals surface area contributed by atoms with Gasteiger partial charge in [-0.05, 0) is 30.3 Å². The Bertz CT molecular complexity index is 1260. The van der Waals surface area contributed by atoms with Gasteiger partial charge in [0.05, 0.1) is 30.7 Å². The van der Waals surface area contributed by atoms with E-state index in [-0.39, 0.29) is 35.7 Å². The summed E-state index contributed by atoms with van der Waals surface area (Å²) in [5, 5.41) is 2.92. The number of hydrogen-bond donors (Lipinski definition) is 1. The van der Waals surface area contributed by atoms with E-state index in [1.807, 2.05) is 0 Å². The van der Waals surface area contributed by atoms with Crippen LogP contribution in [0.4, 0.5) is 14.5 Å². The van der Waals surface area contributed by atoms with Gasteiger partial charge < -0.3 is 14.5 Å². The van der Waals surface area contributed by atoms with Gasteiger partial charge in [0, 0.05) is 29.6 Å². The Morgan fingerprint density at radius 1 is 1.26 bits per heavy atom. The molecule has 1 aromatic heterocycles. The predicted molar refractivity (Wildman–Crippen MR) is 112 cm³/mol. The Morgan fingerprint density at radius 2 is 1.97 bits per heavy atom. The Hall–Kier alpha value is -2.98. The lowest BCUT2D eigenvalue weighted by molar-refractivity contribution is 0.0445. The smallest absolute Gasteiger partial charge is 0.255 e. The number of nitrogens with zero attached hydrogens (tertiary/aromatic N) is 1. The van der Waals surface area contributed by atoms with Crippen LogP contribution in [0, 0.1) is 5.82 Å². The number of amides is 1. The molecule has 10 heteroatoms. The average molecular weight is 450 g/mol. The van der Waals surface area contributed by atoms with Gasteiger partial charge in [-0.25, -0.2) is 17.2 Å². The summed E-state index contributed by atoms with van der Waals surface area (Å²) in [7, 11) is -2.22. The van der Waals surface area contributed by atoms with E-state index in [0.29, 0.717) is 16.5 Å². The fourth-order valence-electron chi connectivity index (χ4n) is 3.74. The number of fused-ring (bicyclic) bond motifs is 2. The summed E-state index contributed by atoms with van der Waals surface area (Å²) in [6.07, 6.45) is 0.0616. The van der Waals surface area contributed by atoms with E-state index in [9.17, 15) is 22.0 Å². The second kappa shape index (κ2) is 7.93. The number of anilines is 1. The van der Waals surface area contributed by atoms with Crippen molar-refractivity contribution in [2.75, 3.05) is 37.4 Å². The SMILES string of the molecule is CNC(=O)c1c(-c2ccc(F)cc2)oc2cc3c(cc12)C(CF)OCCN3S(C)(=O)=O. The number of furan rings is 1. The molecule has 164 valence electrons. The van der Waals surface area contributed by atoms with Crippen LogP contribution in [0.3, 0.4) is 0 Å². The maximum Gasteiger partial charge on any atom is 0.255 e. The molecule has 0 spiro atoms. The van der Waals surface area contributed by atoms with Crippen LogP contribution in [-0.2, 0) is 14.8 Å². The lowest BCUT2D eigenvalue weighted by atomic mass is 10.0. The van der Waals surface area contributed by atoms with Gasteiger partial charge >= 0.3 is 0 Å². The van der Waals surface area contributed by atoms with Gasteiger partial charge in [-0.1, -0.05) is 0 Å². The number of sulfonamides is 1. The zero-order chi connectivity index (χ0) is 22.3. The lowest BCUT2D eigenvalue weighted by Gasteiger charge is -2.22. The van der Waals surface area contributed by atoms with Crippen LogP contribution in [-0.4, -0.2) is 47.5 Å². The molecule has 0 saturated heterocycles. The third kappa shape index (κ3) is 3.77. The van der Waals surface area contributed by atoms with Crippen molar-refractivity contribution in [3.8, 4) is 11.3 Å². The molecule has 2 aromatic carbocycles. The summed E-state index contributed by atoms with van der Waals surface area (Å²) in [6.45, 7) is -0.837. The van der Waals surface area contributed by atoms with Crippen LogP contribution in [0.15, 0.2) is 40.8 Å². The Labute approximate surface area is 177 Å². The van der Waals surface area contributed by atoms with Crippen molar-refractivity contribution in [1.29, 1.82) is 0 Å². The Morgan fingerprint density at radius 3 is 2.58 bits per heavy atom. The maximum atomic E-state index is 13.8. The van der Waals surface area contributed by atoms with E-state index < -0.39 is 34.5 Å². The molecule has 0 radical (unpaired) electrons. The van der Waals surface area contributed by atoms with Crippen LogP contribution < -0.4 is 9.62 Å². The molecule has 1 atom stereocenters. The van der Waals surface area contributed by atoms with Crippen molar-refractivity contribution in [2.24, 2.45) is 0 Å². The first kappa shape index (κ1) is 21.3. The van der Waals surface area contributed by atoms with Gasteiger partial charge in [0.2, 0.25) is 10.0 Å². The van der Waals surface area contributed by atoms with Gasteiger partial charge in [-0.3, -0.25) is 9.10 Å². The first-order valence-corrected chi connectivity index (χ1v) is 11.3. The molecule has 2 heterocycles. The molecule has 0 aliphatic carbocycles. The van der Waals surface area contributed by atoms with Crippen LogP contribution in [0.1, 0.15) is 22.0 Å². The number of hydrogen-bond acceptors (Lipinski definition) is 5. The van der Waals surface area contributed by atoms with Crippen molar-refractivity contribution >= 4 is 32.6 Å². The molecule has 7 nitrogen and oxygen atoms in total. The number of carbonyl (C=O) groups excluding carboxylic acids is 1. The van der Waals surface area contributed by atoms with E-state index >= 15 is 0 Å². The zero-order valence-corrected chi connectivity index (χ0v) is 17.6. The fourth-order valence-corrected chi connectivity index (χ4v) is 4.66. The van der Waals surface area contributed by atoms with Crippen LogP contribution in [0.25, 0.3) is 22.3 Å². The molecule has 1 aliphatic rings. The van der Waals surface area contributed by atoms with E-state index in [4.69, 9.17) is 9.15 Å². The van der Waals surface area contributed by atoms with Crippen LogP contribution >= 0.6 is 0 Å². The molecular formula is C21H20F2N2O5S. The molecule has 1 amide bonds. The number of carbonyl (C=O) groups is 1. The normalized spacial score (nSPS) is 16.8. The molecular weight excluding hydrogens is 430 g/mol. The number of halogens is 2. The largest absolute Gasteiger partial charge is 0.455 e. The maximum absolute atomic E-state index is 13.8. The average Bonchev–Trinajstić information content (AvgIpc) is 2.99. The van der Waals surface area contributed by atoms with Crippen molar-refractivity contribution in [1.82, 2.24) is 5.32 Å². The fraction of sp³-hybridized carbons (Fsp3) is 0.286. The van der Waals surface area contributed by atoms with Crippen molar-refractivity contribution in [3.63, 3.8) is 0 Å². The molecule has 1 N–H and O–H groups in total. The minimum absolute atomic E-state index is 0.0147. The minimum atomic E-state index is -3.68. The van der Waals surface area contributed by atoms with Crippen LogP contribution in [0.2, 0.25) is 0 Å². The summed E-state index contributed by atoms with van der Waals surface area (Å²) in [5.74, 6) is -0.706. The summed E-state index contributed by atoms with van der Waals surface area (Å²) in [6, 6.07) is 8.43. The molecule has 3 aromatic rings. The van der Waals surface area contributed by atoms with E-state index in [1.54, 1.807) is 0 Å². The second-order valence-electron chi connectivity index (χ2n) is 7.15. The third-order valence-corrected chi connectivity index (χ3v) is 6.35. The number of benzene rings is 2. The Kier molecular flexibility index (Phi) is 5.44. The second-order valence-corrected chi connectivity index (χ2v) is 9.06. The minimum Gasteiger partial charge on any atom is -0.455 e. The van der Waals surface area contributed by atoms with Crippen molar-refractivity contribution < 1.29 is 31.1 Å². The van der Waals surface area contributed by atoms with Gasteiger partial charge in [0.15, 0.2) is 0 Å². The molecule has 0 saturated carbocycles. The van der Waals surface area contributed by atoms with E-state index in [0.717, 1.165) is 10.6 Å². The number of nitrogens with one attached hydrogen (secondary N) is 1. The summed E-state index contributed by atoms with van der Waals surface area (Å²) in [5.41, 5.74) is 1.42. The van der Waals surface area contributed by atoms with Crippen LogP contribution in [0.5, 0.6) is 0 Å². The highest BCUT2D eigenvalue weighted by Crippen LogP contribution is 2.41. The first-order chi connectivity index (χ1) is 14.7. The van der Waals surface area contributed by atoms with E-state index in [2.05, 4.69) is 5.32 Å². The van der Waals surface area contributed by atoms with Gasteiger partial charge in [-0.2, -0.15) is 0 Å². The highest BCUT2D eigenvalue weighted by Gasteiger charge is 2.31. The molecule has 1 unspecified atom stereocenters. The zero-order valence-electron chi connectivity index (χ0n) is 16.8. The number of alkyl halides is 1. The summed E-state index contributed by atoms with van der Waals surface area (Å²) < 4.78 is 64.5. The predicted octanol–water partition coefficient (Wildman–Crippen LogP) is 3.41. The summed E-state index contributed by atoms with van der Waals surface area (Å²) >= 11 is 0. The quantitative estimate of drug-likeness (QED) is 0.658. The highest BCUT2D eigenvalue weighted by molar-refractivity contribution is 7.92. The lowest BCUT2D eigenvalue weighted by Crippen LogP contribution is -2.32. The summed E-state index contributed by atoms with van der Waals surface area (Å²) in [4.78, 5) is 12.7. The molecule has 4 rings (SSSR count). The molecule has 1 aliphatic heterocycles. The number of ether oxygens (including phenoxy) is 1. The Balaban J connectivity index is 2.03.